The highest BCUT2D eigenvalue weighted by Gasteiger charge is 2.43. The normalized spacial score (nSPS) is 23.0. The molecule has 1 saturated carbocycles. The molecule has 1 aliphatic heterocycles. The Morgan fingerprint density at radius 1 is 1.45 bits per heavy atom. The highest BCUT2D eigenvalue weighted by atomic mass is 35.5. The first-order valence-corrected chi connectivity index (χ1v) is 11.0. The van der Waals surface area contributed by atoms with E-state index in [0.717, 1.165) is 50.9 Å². The van der Waals surface area contributed by atoms with Crippen LogP contribution in [0.2, 0.25) is 5.02 Å². The van der Waals surface area contributed by atoms with E-state index in [9.17, 15) is 4.79 Å². The largest absolute Gasteiger partial charge is 0.341 e. The minimum absolute atomic E-state index is 0.0242. The number of carbonyl (C=O) groups is 1. The summed E-state index contributed by atoms with van der Waals surface area (Å²) in [6.07, 6.45) is 6.77. The molecule has 0 bridgehead atoms. The molecule has 1 amide bonds. The minimum Gasteiger partial charge on any atom is -0.341 e. The Balaban J connectivity index is 1.39. The number of amides is 1. The van der Waals surface area contributed by atoms with Gasteiger partial charge in [0.05, 0.1) is 12.3 Å². The lowest BCUT2D eigenvalue weighted by Crippen LogP contribution is -2.41. The van der Waals surface area contributed by atoms with Gasteiger partial charge in [-0.25, -0.2) is 4.98 Å². The molecule has 1 saturated heterocycles. The molecule has 2 aliphatic rings. The van der Waals surface area contributed by atoms with E-state index in [1.807, 2.05) is 31.0 Å². The molecular formula is C21H27ClN8O. The van der Waals surface area contributed by atoms with Crippen molar-refractivity contribution in [3.63, 3.8) is 0 Å². The molecule has 2 fully saturated rings. The van der Waals surface area contributed by atoms with Crippen LogP contribution in [0.25, 0.3) is 0 Å². The van der Waals surface area contributed by atoms with Gasteiger partial charge in [0.1, 0.15) is 11.4 Å². The number of carbonyl (C=O) groups excluding carboxylic acids is 1. The molecule has 31 heavy (non-hydrogen) atoms. The van der Waals surface area contributed by atoms with Crippen LogP contribution < -0.4 is 10.2 Å². The van der Waals surface area contributed by atoms with E-state index in [1.54, 1.807) is 6.20 Å². The summed E-state index contributed by atoms with van der Waals surface area (Å²) in [5.74, 6) is 1.76. The highest BCUT2D eigenvalue weighted by molar-refractivity contribution is 6.32. The van der Waals surface area contributed by atoms with E-state index >= 15 is 0 Å². The third-order valence-corrected chi connectivity index (χ3v) is 6.86. The van der Waals surface area contributed by atoms with Gasteiger partial charge >= 0.3 is 0 Å². The number of hydrogen-bond donors (Lipinski definition) is 2. The summed E-state index contributed by atoms with van der Waals surface area (Å²) < 4.78 is 0. The third-order valence-electron chi connectivity index (χ3n) is 6.58. The lowest BCUT2D eigenvalue weighted by Gasteiger charge is -2.40. The van der Waals surface area contributed by atoms with Gasteiger partial charge in [-0.1, -0.05) is 11.6 Å². The second-order valence-electron chi connectivity index (χ2n) is 8.67. The summed E-state index contributed by atoms with van der Waals surface area (Å²) in [5.41, 5.74) is 1.13. The first-order valence-electron chi connectivity index (χ1n) is 10.6. The number of halogens is 1. The fraction of sp³-hybridized carbons (Fsp3) is 0.571. The number of H-pyrrole nitrogens is 1. The summed E-state index contributed by atoms with van der Waals surface area (Å²) in [4.78, 5) is 25.1. The van der Waals surface area contributed by atoms with Crippen LogP contribution in [-0.4, -0.2) is 57.2 Å². The number of anilines is 3. The van der Waals surface area contributed by atoms with Crippen LogP contribution >= 0.6 is 11.6 Å². The quantitative estimate of drug-likeness (QED) is 0.729. The van der Waals surface area contributed by atoms with Crippen molar-refractivity contribution in [2.24, 2.45) is 5.41 Å². The predicted molar refractivity (Wildman–Crippen MR) is 118 cm³/mol. The third kappa shape index (κ3) is 4.59. The minimum atomic E-state index is -0.0414. The molecule has 1 aliphatic carbocycles. The van der Waals surface area contributed by atoms with Gasteiger partial charge in [0.25, 0.3) is 0 Å². The molecule has 9 nitrogen and oxygen atoms in total. The monoisotopic (exact) mass is 442 g/mol. The maximum Gasteiger partial charge on any atom is 0.236 e. The van der Waals surface area contributed by atoms with Gasteiger partial charge in [-0.3, -0.25) is 9.89 Å². The first-order chi connectivity index (χ1) is 14.9. The van der Waals surface area contributed by atoms with E-state index in [0.29, 0.717) is 28.6 Å². The maximum absolute atomic E-state index is 12.1. The zero-order valence-corrected chi connectivity index (χ0v) is 18.6. The smallest absolute Gasteiger partial charge is 0.236 e. The molecule has 3 heterocycles. The van der Waals surface area contributed by atoms with E-state index in [2.05, 4.69) is 30.4 Å². The van der Waals surface area contributed by atoms with Crippen molar-refractivity contribution in [2.45, 2.75) is 51.5 Å². The van der Waals surface area contributed by atoms with Crippen molar-refractivity contribution in [3.05, 3.63) is 23.0 Å². The van der Waals surface area contributed by atoms with Gasteiger partial charge < -0.3 is 15.1 Å². The fourth-order valence-electron chi connectivity index (χ4n) is 4.72. The molecule has 2 N–H and O–H groups in total. The molecule has 0 radical (unpaired) electrons. The van der Waals surface area contributed by atoms with E-state index in [-0.39, 0.29) is 17.7 Å². The van der Waals surface area contributed by atoms with Gasteiger partial charge in [-0.05, 0) is 44.4 Å². The summed E-state index contributed by atoms with van der Waals surface area (Å²) >= 11 is 6.29. The Morgan fingerprint density at radius 3 is 2.90 bits per heavy atom. The summed E-state index contributed by atoms with van der Waals surface area (Å²) in [6, 6.07) is 4.18. The van der Waals surface area contributed by atoms with Crippen molar-refractivity contribution in [1.29, 1.82) is 5.26 Å². The van der Waals surface area contributed by atoms with Crippen molar-refractivity contribution < 1.29 is 4.79 Å². The molecule has 4 rings (SSSR count). The zero-order valence-electron chi connectivity index (χ0n) is 17.9. The topological polar surface area (TPSA) is 114 Å². The average molecular weight is 443 g/mol. The van der Waals surface area contributed by atoms with Gasteiger partial charge in [-0.2, -0.15) is 15.3 Å². The van der Waals surface area contributed by atoms with Crippen molar-refractivity contribution in [1.82, 2.24) is 25.1 Å². The van der Waals surface area contributed by atoms with Gasteiger partial charge in [0.15, 0.2) is 11.6 Å². The van der Waals surface area contributed by atoms with Crippen LogP contribution in [0.3, 0.4) is 0 Å². The van der Waals surface area contributed by atoms with Crippen LogP contribution in [-0.2, 0) is 4.79 Å². The number of likely N-dealkylation sites (tertiary alicyclic amines) is 1. The van der Waals surface area contributed by atoms with Crippen molar-refractivity contribution >= 4 is 35.1 Å². The Morgan fingerprint density at radius 2 is 2.23 bits per heavy atom. The molecule has 164 valence electrons. The maximum atomic E-state index is 12.1. The lowest BCUT2D eigenvalue weighted by molar-refractivity contribution is -0.129. The molecular weight excluding hydrogens is 416 g/mol. The lowest BCUT2D eigenvalue weighted by atomic mass is 9.71. The number of aryl methyl sites for hydroxylation is 1. The molecule has 0 aromatic carbocycles. The number of nitrogens with one attached hydrogen (secondary N) is 2. The first kappa shape index (κ1) is 21.4. The van der Waals surface area contributed by atoms with E-state index in [4.69, 9.17) is 16.9 Å². The number of aromatic nitrogens is 4. The number of nitrogens with zero attached hydrogens (tertiary/aromatic N) is 6. The Kier molecular flexibility index (Phi) is 6.01. The van der Waals surface area contributed by atoms with Crippen LogP contribution in [0.4, 0.5) is 17.6 Å². The molecule has 0 unspecified atom stereocenters. The SMILES string of the molecule is Cc1cc(Nc2nc(N(C)C3CCC4(CC3)CCN(C(=O)CC#N)C4)ncc2Cl)n[nH]1. The molecule has 0 atom stereocenters. The predicted octanol–water partition coefficient (Wildman–Crippen LogP) is 3.42. The molecule has 2 aromatic rings. The summed E-state index contributed by atoms with van der Waals surface area (Å²) in [7, 11) is 2.02. The second-order valence-corrected chi connectivity index (χ2v) is 9.08. The number of aromatic amines is 1. The van der Waals surface area contributed by atoms with Crippen LogP contribution in [0.15, 0.2) is 12.3 Å². The number of rotatable bonds is 5. The molecule has 2 aromatic heterocycles. The zero-order chi connectivity index (χ0) is 22.0. The average Bonchev–Trinajstić information content (AvgIpc) is 3.36. The Labute approximate surface area is 186 Å². The summed E-state index contributed by atoms with van der Waals surface area (Å²) in [6.45, 7) is 3.47. The van der Waals surface area contributed by atoms with Crippen molar-refractivity contribution in [3.8, 4) is 6.07 Å². The van der Waals surface area contributed by atoms with E-state index < -0.39 is 0 Å². The van der Waals surface area contributed by atoms with Crippen molar-refractivity contribution in [2.75, 3.05) is 30.4 Å². The number of nitriles is 1. The molecule has 1 spiro atoms. The number of hydrogen-bond acceptors (Lipinski definition) is 7. The van der Waals surface area contributed by atoms with Gasteiger partial charge in [0.2, 0.25) is 11.9 Å². The van der Waals surface area contributed by atoms with Crippen LogP contribution in [0, 0.1) is 23.7 Å². The van der Waals surface area contributed by atoms with E-state index in [1.165, 1.54) is 0 Å². The van der Waals surface area contributed by atoms with Gasteiger partial charge in [0, 0.05) is 37.9 Å². The van der Waals surface area contributed by atoms with Crippen LogP contribution in [0.5, 0.6) is 0 Å². The second kappa shape index (κ2) is 8.71. The summed E-state index contributed by atoms with van der Waals surface area (Å²) in [5, 5.41) is 19.4. The Bertz CT molecular complexity index is 992. The van der Waals surface area contributed by atoms with Crippen LogP contribution in [0.1, 0.15) is 44.2 Å². The highest BCUT2D eigenvalue weighted by Crippen LogP contribution is 2.45. The fourth-order valence-corrected chi connectivity index (χ4v) is 4.86. The standard InChI is InChI=1S/C21H27ClN8O/c1-14-11-17(28-27-14)25-19-16(22)12-24-20(26-19)29(2)15-3-6-21(7-4-15)8-10-30(13-21)18(31)5-9-23/h11-12,15H,3-8,10,13H2,1-2H3,(H2,24,25,26,27,28). The Hall–Kier alpha value is -2.86. The molecule has 10 heteroatoms. The van der Waals surface area contributed by atoms with Gasteiger partial charge in [-0.15, -0.1) is 0 Å².